The monoisotopic (exact) mass is 517 g/mol. The Morgan fingerprint density at radius 3 is 1.50 bits per heavy atom. The fourth-order valence-corrected chi connectivity index (χ4v) is 3.08. The third kappa shape index (κ3) is 8.89. The van der Waals surface area contributed by atoms with Crippen molar-refractivity contribution in [3.05, 3.63) is 57.5 Å². The minimum absolute atomic E-state index is 0.0689. The molecule has 0 heterocycles. The minimum Gasteiger partial charge on any atom is -0.491 e. The number of aliphatic hydroxyl groups excluding tert-OH is 3. The van der Waals surface area contributed by atoms with E-state index in [9.17, 15) is 15.3 Å². The SMILES string of the molecule is OCCN(CC(O)COc1ccc(Br)cc1)CC(O)COc1ccc(Br)cc1. The molecule has 0 radical (unpaired) electrons. The molecule has 2 rings (SSSR count). The van der Waals surface area contributed by atoms with Gasteiger partial charge in [-0.2, -0.15) is 0 Å². The summed E-state index contributed by atoms with van der Waals surface area (Å²) < 4.78 is 13.0. The highest BCUT2D eigenvalue weighted by molar-refractivity contribution is 9.10. The van der Waals surface area contributed by atoms with Gasteiger partial charge in [-0.25, -0.2) is 0 Å². The van der Waals surface area contributed by atoms with Crippen LogP contribution in [-0.4, -0.2) is 71.9 Å². The molecule has 6 nitrogen and oxygen atoms in total. The van der Waals surface area contributed by atoms with E-state index in [2.05, 4.69) is 31.9 Å². The molecule has 0 amide bonds. The maximum absolute atomic E-state index is 10.2. The summed E-state index contributed by atoms with van der Waals surface area (Å²) in [7, 11) is 0. The van der Waals surface area contributed by atoms with Gasteiger partial charge >= 0.3 is 0 Å². The smallest absolute Gasteiger partial charge is 0.119 e. The lowest BCUT2D eigenvalue weighted by molar-refractivity contribution is 0.0256. The zero-order valence-electron chi connectivity index (χ0n) is 15.4. The topological polar surface area (TPSA) is 82.4 Å². The predicted molar refractivity (Wildman–Crippen MR) is 115 cm³/mol. The number of halogens is 2. The first-order valence-corrected chi connectivity index (χ1v) is 10.5. The highest BCUT2D eigenvalue weighted by atomic mass is 79.9. The summed E-state index contributed by atoms with van der Waals surface area (Å²) in [5.41, 5.74) is 0. The van der Waals surface area contributed by atoms with Gasteiger partial charge in [-0.05, 0) is 48.5 Å². The van der Waals surface area contributed by atoms with E-state index in [4.69, 9.17) is 9.47 Å². The largest absolute Gasteiger partial charge is 0.491 e. The molecule has 0 aliphatic carbocycles. The summed E-state index contributed by atoms with van der Waals surface area (Å²) in [6, 6.07) is 14.7. The molecule has 3 N–H and O–H groups in total. The van der Waals surface area contributed by atoms with Crippen LogP contribution < -0.4 is 9.47 Å². The minimum atomic E-state index is -0.755. The van der Waals surface area contributed by atoms with Gasteiger partial charge in [-0.3, -0.25) is 4.90 Å². The Bertz CT molecular complexity index is 627. The van der Waals surface area contributed by atoms with Crippen molar-refractivity contribution >= 4 is 31.9 Å². The van der Waals surface area contributed by atoms with Crippen molar-refractivity contribution in [3.8, 4) is 11.5 Å². The third-order valence-corrected chi connectivity index (χ3v) is 4.92. The number of nitrogens with zero attached hydrogens (tertiary/aromatic N) is 1. The van der Waals surface area contributed by atoms with Crippen LogP contribution in [-0.2, 0) is 0 Å². The van der Waals surface area contributed by atoms with Crippen molar-refractivity contribution in [2.45, 2.75) is 12.2 Å². The summed E-state index contributed by atoms with van der Waals surface area (Å²) >= 11 is 6.72. The van der Waals surface area contributed by atoms with Crippen molar-refractivity contribution in [2.24, 2.45) is 0 Å². The van der Waals surface area contributed by atoms with Gasteiger partial charge in [0.2, 0.25) is 0 Å². The van der Waals surface area contributed by atoms with Crippen LogP contribution in [0, 0.1) is 0 Å². The maximum atomic E-state index is 10.2. The molecule has 2 aromatic carbocycles. The van der Waals surface area contributed by atoms with Gasteiger partial charge < -0.3 is 24.8 Å². The summed E-state index contributed by atoms with van der Waals surface area (Å²) in [6.07, 6.45) is -1.51. The van der Waals surface area contributed by atoms with Crippen LogP contribution in [0.1, 0.15) is 0 Å². The van der Waals surface area contributed by atoms with Crippen molar-refractivity contribution in [2.75, 3.05) is 39.5 Å². The quantitative estimate of drug-likeness (QED) is 0.401. The number of hydrogen-bond donors (Lipinski definition) is 3. The Hall–Kier alpha value is -1.16. The van der Waals surface area contributed by atoms with Crippen LogP contribution in [0.15, 0.2) is 57.5 Å². The zero-order chi connectivity index (χ0) is 20.4. The molecule has 8 heteroatoms. The Labute approximate surface area is 182 Å². The van der Waals surface area contributed by atoms with Gasteiger partial charge in [0.15, 0.2) is 0 Å². The fourth-order valence-electron chi connectivity index (χ4n) is 2.55. The van der Waals surface area contributed by atoms with Crippen LogP contribution in [0.2, 0.25) is 0 Å². The van der Waals surface area contributed by atoms with Gasteiger partial charge in [-0.15, -0.1) is 0 Å². The molecule has 154 valence electrons. The van der Waals surface area contributed by atoms with E-state index in [0.717, 1.165) is 8.95 Å². The molecule has 0 saturated carbocycles. The van der Waals surface area contributed by atoms with Crippen LogP contribution in [0.5, 0.6) is 11.5 Å². The standard InChI is InChI=1S/C20H25Br2NO5/c21-15-1-5-19(6-2-15)27-13-17(25)11-23(9-10-24)12-18(26)14-28-20-7-3-16(22)4-8-20/h1-8,17-18,24-26H,9-14H2. The van der Waals surface area contributed by atoms with E-state index >= 15 is 0 Å². The molecule has 2 aromatic rings. The second kappa shape index (κ2) is 12.4. The van der Waals surface area contributed by atoms with Gasteiger partial charge in [0.05, 0.1) is 6.61 Å². The number of ether oxygens (including phenoxy) is 2. The van der Waals surface area contributed by atoms with Gasteiger partial charge in [-0.1, -0.05) is 31.9 Å². The van der Waals surface area contributed by atoms with Crippen molar-refractivity contribution in [1.29, 1.82) is 0 Å². The molecule has 0 aliphatic heterocycles. The maximum Gasteiger partial charge on any atom is 0.119 e. The summed E-state index contributed by atoms with van der Waals surface area (Å²) in [5, 5.41) is 29.7. The number of aliphatic hydroxyl groups is 3. The molecule has 2 atom stereocenters. The lowest BCUT2D eigenvalue weighted by atomic mass is 10.2. The Balaban J connectivity index is 1.75. The van der Waals surface area contributed by atoms with Crippen LogP contribution in [0.3, 0.4) is 0 Å². The second-order valence-corrected chi connectivity index (χ2v) is 8.15. The molecular weight excluding hydrogens is 494 g/mol. The van der Waals surface area contributed by atoms with E-state index in [0.29, 0.717) is 18.0 Å². The Morgan fingerprint density at radius 2 is 1.14 bits per heavy atom. The van der Waals surface area contributed by atoms with Crippen molar-refractivity contribution < 1.29 is 24.8 Å². The second-order valence-electron chi connectivity index (χ2n) is 6.32. The highest BCUT2D eigenvalue weighted by Gasteiger charge is 2.16. The molecule has 2 unspecified atom stereocenters. The van der Waals surface area contributed by atoms with Gasteiger partial charge in [0.1, 0.15) is 36.9 Å². The lowest BCUT2D eigenvalue weighted by Crippen LogP contribution is -2.42. The van der Waals surface area contributed by atoms with Crippen molar-refractivity contribution in [3.63, 3.8) is 0 Å². The lowest BCUT2D eigenvalue weighted by Gasteiger charge is -2.26. The van der Waals surface area contributed by atoms with Crippen molar-refractivity contribution in [1.82, 2.24) is 4.90 Å². The third-order valence-electron chi connectivity index (χ3n) is 3.87. The molecule has 0 aromatic heterocycles. The van der Waals surface area contributed by atoms with Crippen LogP contribution >= 0.6 is 31.9 Å². The highest BCUT2D eigenvalue weighted by Crippen LogP contribution is 2.17. The Morgan fingerprint density at radius 1 is 0.750 bits per heavy atom. The predicted octanol–water partition coefficient (Wildman–Crippen LogP) is 2.69. The average Bonchev–Trinajstić information content (AvgIpc) is 2.67. The van der Waals surface area contributed by atoms with E-state index in [1.165, 1.54) is 0 Å². The van der Waals surface area contributed by atoms with E-state index in [1.54, 1.807) is 4.90 Å². The molecular formula is C20H25Br2NO5. The normalized spacial score (nSPS) is 13.4. The number of hydrogen-bond acceptors (Lipinski definition) is 6. The first kappa shape index (κ1) is 23.1. The van der Waals surface area contributed by atoms with E-state index in [1.807, 2.05) is 48.5 Å². The zero-order valence-corrected chi connectivity index (χ0v) is 18.5. The van der Waals surface area contributed by atoms with Crippen LogP contribution in [0.4, 0.5) is 0 Å². The van der Waals surface area contributed by atoms with Gasteiger partial charge in [0, 0.05) is 28.6 Å². The molecule has 0 saturated heterocycles. The van der Waals surface area contributed by atoms with Gasteiger partial charge in [0.25, 0.3) is 0 Å². The number of benzene rings is 2. The number of rotatable bonds is 12. The molecule has 0 aliphatic rings. The van der Waals surface area contributed by atoms with E-state index < -0.39 is 12.2 Å². The average molecular weight is 519 g/mol. The summed E-state index contributed by atoms with van der Waals surface area (Å²) in [6.45, 7) is 1.05. The van der Waals surface area contributed by atoms with E-state index in [-0.39, 0.29) is 32.9 Å². The first-order valence-electron chi connectivity index (χ1n) is 8.92. The first-order chi connectivity index (χ1) is 13.5. The molecule has 28 heavy (non-hydrogen) atoms. The molecule has 0 bridgehead atoms. The molecule has 0 spiro atoms. The van der Waals surface area contributed by atoms with Crippen LogP contribution in [0.25, 0.3) is 0 Å². The molecule has 0 fully saturated rings. The summed E-state index contributed by atoms with van der Waals surface area (Å²) in [4.78, 5) is 1.78. The summed E-state index contributed by atoms with van der Waals surface area (Å²) in [5.74, 6) is 1.33. The Kier molecular flexibility index (Phi) is 10.3. The fraction of sp³-hybridized carbons (Fsp3) is 0.400.